The van der Waals surface area contributed by atoms with Gasteiger partial charge < -0.3 is 20.3 Å². The number of anilines is 1. The van der Waals surface area contributed by atoms with E-state index in [0.717, 1.165) is 62.0 Å². The van der Waals surface area contributed by atoms with Crippen LogP contribution in [0.4, 0.5) is 5.82 Å². The Labute approximate surface area is 158 Å². The second kappa shape index (κ2) is 6.48. The fourth-order valence-electron chi connectivity index (χ4n) is 4.85. The molecule has 2 saturated carbocycles. The quantitative estimate of drug-likeness (QED) is 0.748. The summed E-state index contributed by atoms with van der Waals surface area (Å²) >= 11 is 0. The third kappa shape index (κ3) is 2.98. The Kier molecular flexibility index (Phi) is 4.07. The Morgan fingerprint density at radius 2 is 2.22 bits per heavy atom. The van der Waals surface area contributed by atoms with Gasteiger partial charge in [0.2, 0.25) is 5.91 Å². The number of carbonyl (C=O) groups is 1. The first-order chi connectivity index (χ1) is 13.2. The number of aliphatic hydroxyl groups excluding tert-OH is 1. The lowest BCUT2D eigenvalue weighted by Gasteiger charge is -2.39. The second-order valence-electron chi connectivity index (χ2n) is 8.57. The lowest BCUT2D eigenvalue weighted by molar-refractivity contribution is -0.128. The zero-order valence-electron chi connectivity index (χ0n) is 15.5. The topological polar surface area (TPSA) is 94.1 Å². The van der Waals surface area contributed by atoms with E-state index in [0.29, 0.717) is 12.5 Å². The molecule has 1 spiro atoms. The maximum Gasteiger partial charge on any atom is 0.223 e. The van der Waals surface area contributed by atoms with Gasteiger partial charge in [0.1, 0.15) is 17.8 Å². The Morgan fingerprint density at radius 3 is 2.96 bits per heavy atom. The van der Waals surface area contributed by atoms with Crippen molar-refractivity contribution >= 4 is 22.8 Å². The van der Waals surface area contributed by atoms with E-state index in [1.807, 2.05) is 12.3 Å². The third-order valence-corrected chi connectivity index (χ3v) is 6.95. The summed E-state index contributed by atoms with van der Waals surface area (Å²) in [4.78, 5) is 27.1. The summed E-state index contributed by atoms with van der Waals surface area (Å²) in [7, 11) is 0. The van der Waals surface area contributed by atoms with E-state index in [9.17, 15) is 9.90 Å². The van der Waals surface area contributed by atoms with Gasteiger partial charge in [0.15, 0.2) is 0 Å². The molecular weight excluding hydrogens is 342 g/mol. The largest absolute Gasteiger partial charge is 0.391 e. The molecule has 3 heterocycles. The van der Waals surface area contributed by atoms with Gasteiger partial charge in [-0.05, 0) is 49.5 Å². The molecule has 3 aliphatic rings. The maximum absolute atomic E-state index is 12.8. The van der Waals surface area contributed by atoms with Crippen molar-refractivity contribution in [2.45, 2.75) is 44.6 Å². The van der Waals surface area contributed by atoms with Gasteiger partial charge in [0.25, 0.3) is 0 Å². The monoisotopic (exact) mass is 369 g/mol. The van der Waals surface area contributed by atoms with E-state index < -0.39 is 0 Å². The molecule has 3 N–H and O–H groups in total. The number of hydrogen-bond donors (Lipinski definition) is 3. The van der Waals surface area contributed by atoms with E-state index in [1.165, 1.54) is 6.42 Å². The van der Waals surface area contributed by atoms with Gasteiger partial charge in [-0.15, -0.1) is 0 Å². The number of amides is 1. The first-order valence-corrected chi connectivity index (χ1v) is 10.2. The number of aliphatic hydroxyl groups is 1. The van der Waals surface area contributed by atoms with Gasteiger partial charge in [-0.25, -0.2) is 9.97 Å². The molecule has 27 heavy (non-hydrogen) atoms. The van der Waals surface area contributed by atoms with E-state index in [4.69, 9.17) is 0 Å². The number of aromatic amines is 1. The average Bonchev–Trinajstić information content (AvgIpc) is 3.20. The molecule has 0 aromatic carbocycles. The molecule has 144 valence electrons. The zero-order chi connectivity index (χ0) is 18.4. The van der Waals surface area contributed by atoms with E-state index in [1.54, 1.807) is 6.33 Å². The van der Waals surface area contributed by atoms with Crippen LogP contribution in [0.1, 0.15) is 38.5 Å². The molecule has 7 nitrogen and oxygen atoms in total. The van der Waals surface area contributed by atoms with E-state index in [-0.39, 0.29) is 23.3 Å². The number of piperidine rings is 1. The van der Waals surface area contributed by atoms with Crippen molar-refractivity contribution in [1.29, 1.82) is 0 Å². The van der Waals surface area contributed by atoms with Crippen molar-refractivity contribution < 1.29 is 9.90 Å². The summed E-state index contributed by atoms with van der Waals surface area (Å²) in [5, 5.41) is 14.3. The summed E-state index contributed by atoms with van der Waals surface area (Å²) in [6, 6.07) is 2.02. The molecule has 0 radical (unpaired) electrons. The fourth-order valence-corrected chi connectivity index (χ4v) is 4.85. The van der Waals surface area contributed by atoms with Crippen molar-refractivity contribution in [2.24, 2.45) is 17.3 Å². The summed E-state index contributed by atoms with van der Waals surface area (Å²) in [6.45, 7) is 2.09. The molecule has 0 bridgehead atoms. The molecule has 0 unspecified atom stereocenters. The number of aromatic nitrogens is 3. The van der Waals surface area contributed by atoms with Crippen LogP contribution in [0.2, 0.25) is 0 Å². The Bertz CT molecular complexity index is 842. The first kappa shape index (κ1) is 17.0. The molecule has 1 saturated heterocycles. The highest BCUT2D eigenvalue weighted by Crippen LogP contribution is 2.56. The zero-order valence-corrected chi connectivity index (χ0v) is 15.5. The van der Waals surface area contributed by atoms with E-state index in [2.05, 4.69) is 25.2 Å². The van der Waals surface area contributed by atoms with Crippen molar-refractivity contribution in [3.63, 3.8) is 0 Å². The molecule has 3 fully saturated rings. The second-order valence-corrected chi connectivity index (χ2v) is 8.57. The number of rotatable bonds is 5. The minimum Gasteiger partial charge on any atom is -0.391 e. The van der Waals surface area contributed by atoms with Gasteiger partial charge >= 0.3 is 0 Å². The smallest absolute Gasteiger partial charge is 0.223 e. The molecule has 5 rings (SSSR count). The van der Waals surface area contributed by atoms with Crippen LogP contribution >= 0.6 is 0 Å². The molecule has 1 aliphatic heterocycles. The van der Waals surface area contributed by atoms with E-state index >= 15 is 0 Å². The Hall–Kier alpha value is -2.15. The van der Waals surface area contributed by atoms with Crippen molar-refractivity contribution in [3.8, 4) is 0 Å². The predicted octanol–water partition coefficient (Wildman–Crippen LogP) is 1.84. The number of nitrogens with zero attached hydrogens (tertiary/aromatic N) is 3. The van der Waals surface area contributed by atoms with Gasteiger partial charge in [-0.1, -0.05) is 6.42 Å². The highest BCUT2D eigenvalue weighted by Gasteiger charge is 2.55. The molecule has 2 aliphatic carbocycles. The van der Waals surface area contributed by atoms with Crippen LogP contribution in [-0.4, -0.2) is 51.7 Å². The molecule has 1 amide bonds. The van der Waals surface area contributed by atoms with Crippen LogP contribution < -0.4 is 10.2 Å². The highest BCUT2D eigenvalue weighted by atomic mass is 16.3. The van der Waals surface area contributed by atoms with Gasteiger partial charge in [0.05, 0.1) is 11.5 Å². The normalized spacial score (nSPS) is 25.4. The summed E-state index contributed by atoms with van der Waals surface area (Å²) in [5.41, 5.74) is 0.923. The van der Waals surface area contributed by atoms with Gasteiger partial charge in [-0.2, -0.15) is 0 Å². The lowest BCUT2D eigenvalue weighted by atomic mass is 9.80. The SMILES string of the molecule is O=C(NC[C@H](O)C1CCC1)[C@H]1CCN(c2ncnc3[nH]ccc23)CC12CC2. The van der Waals surface area contributed by atoms with Crippen LogP contribution in [-0.2, 0) is 4.79 Å². The molecular formula is C20H27N5O2. The number of fused-ring (bicyclic) bond motifs is 1. The van der Waals surface area contributed by atoms with Crippen molar-refractivity contribution in [1.82, 2.24) is 20.3 Å². The van der Waals surface area contributed by atoms with Gasteiger partial charge in [-0.3, -0.25) is 4.79 Å². The standard InChI is InChI=1S/C20H27N5O2/c26-16(13-2-1-3-13)10-22-19(27)15-5-9-25(11-20(15)6-7-20)18-14-4-8-21-17(14)23-12-24-18/h4,8,12-13,15-16,26H,1-3,5-7,9-11H2,(H,22,27)(H,21,23,24)/t15-,16+/m1/s1. The lowest BCUT2D eigenvalue weighted by Crippen LogP contribution is -2.49. The van der Waals surface area contributed by atoms with Crippen LogP contribution in [0.25, 0.3) is 11.0 Å². The number of hydrogen-bond acceptors (Lipinski definition) is 5. The van der Waals surface area contributed by atoms with Gasteiger partial charge in [0, 0.05) is 31.7 Å². The van der Waals surface area contributed by atoms with Crippen LogP contribution in [0.3, 0.4) is 0 Å². The van der Waals surface area contributed by atoms with Crippen molar-refractivity contribution in [2.75, 3.05) is 24.5 Å². The summed E-state index contributed by atoms with van der Waals surface area (Å²) < 4.78 is 0. The third-order valence-electron chi connectivity index (χ3n) is 6.95. The maximum atomic E-state index is 12.8. The summed E-state index contributed by atoms with van der Waals surface area (Å²) in [6.07, 6.45) is 9.51. The number of carbonyl (C=O) groups excluding carboxylic acids is 1. The Morgan fingerprint density at radius 1 is 1.37 bits per heavy atom. The molecule has 2 aromatic rings. The number of H-pyrrole nitrogens is 1. The highest BCUT2D eigenvalue weighted by molar-refractivity contribution is 5.87. The fraction of sp³-hybridized carbons (Fsp3) is 0.650. The van der Waals surface area contributed by atoms with Crippen molar-refractivity contribution in [3.05, 3.63) is 18.6 Å². The minimum atomic E-state index is -0.388. The van der Waals surface area contributed by atoms with Crippen LogP contribution in [0.15, 0.2) is 18.6 Å². The summed E-state index contributed by atoms with van der Waals surface area (Å²) in [5.74, 6) is 1.52. The first-order valence-electron chi connectivity index (χ1n) is 10.2. The average molecular weight is 369 g/mol. The predicted molar refractivity (Wildman–Crippen MR) is 102 cm³/mol. The molecule has 7 heteroatoms. The Balaban J connectivity index is 1.26. The molecule has 2 atom stereocenters. The number of nitrogens with one attached hydrogen (secondary N) is 2. The van der Waals surface area contributed by atoms with Crippen LogP contribution in [0.5, 0.6) is 0 Å². The minimum absolute atomic E-state index is 0.0471. The molecule has 2 aromatic heterocycles. The van der Waals surface area contributed by atoms with Crippen LogP contribution in [0, 0.1) is 17.3 Å².